The second-order valence-corrected chi connectivity index (χ2v) is 11.0. The van der Waals surface area contributed by atoms with Crippen molar-refractivity contribution in [2.45, 2.75) is 25.2 Å². The number of sulfonamides is 1. The van der Waals surface area contributed by atoms with E-state index in [-0.39, 0.29) is 5.91 Å². The summed E-state index contributed by atoms with van der Waals surface area (Å²) in [5.41, 5.74) is 0.754. The zero-order valence-electron chi connectivity index (χ0n) is 15.9. The number of rotatable bonds is 6. The van der Waals surface area contributed by atoms with E-state index in [4.69, 9.17) is 0 Å². The first-order valence-electron chi connectivity index (χ1n) is 9.11. The highest BCUT2D eigenvalue weighted by molar-refractivity contribution is 9.10. The summed E-state index contributed by atoms with van der Waals surface area (Å²) >= 11 is 4.93. The van der Waals surface area contributed by atoms with Crippen LogP contribution in [0, 0.1) is 13.8 Å². The number of hydrogen-bond donors (Lipinski definition) is 1. The Labute approximate surface area is 178 Å². The first-order valence-corrected chi connectivity index (χ1v) is 12.2. The van der Waals surface area contributed by atoms with Crippen LogP contribution in [0.4, 0.5) is 5.69 Å². The molecule has 2 heterocycles. The van der Waals surface area contributed by atoms with Gasteiger partial charge in [-0.1, -0.05) is 12.1 Å². The van der Waals surface area contributed by atoms with Crippen molar-refractivity contribution in [3.63, 3.8) is 0 Å². The lowest BCUT2D eigenvalue weighted by molar-refractivity contribution is -0.116. The minimum atomic E-state index is -3.44. The van der Waals surface area contributed by atoms with Gasteiger partial charge in [0.15, 0.2) is 0 Å². The van der Waals surface area contributed by atoms with Gasteiger partial charge in [-0.25, -0.2) is 8.42 Å². The van der Waals surface area contributed by atoms with Crippen molar-refractivity contribution in [2.24, 2.45) is 0 Å². The summed E-state index contributed by atoms with van der Waals surface area (Å²) in [6, 6.07) is 9.25. The number of nitrogens with one attached hydrogen (secondary N) is 1. The number of para-hydroxylation sites is 1. The van der Waals surface area contributed by atoms with Crippen LogP contribution in [0.25, 0.3) is 0 Å². The van der Waals surface area contributed by atoms with E-state index in [0.717, 1.165) is 19.9 Å². The molecule has 0 radical (unpaired) electrons. The number of thiophene rings is 1. The van der Waals surface area contributed by atoms with Gasteiger partial charge in [-0.3, -0.25) is 4.79 Å². The molecule has 9 heteroatoms. The maximum absolute atomic E-state index is 12.9. The fourth-order valence-electron chi connectivity index (χ4n) is 3.23. The standard InChI is InChI=1S/C19H24BrN3O3S2/c1-14-13-18(15(2)27-14)28(25,26)23-11-9-22(10-12-23)8-7-19(24)21-17-6-4-3-5-16(17)20/h3-6,13H,7-12H2,1-2H3,(H,21,24). The number of carbonyl (C=O) groups excluding carboxylic acids is 1. The van der Waals surface area contributed by atoms with Crippen molar-refractivity contribution in [3.05, 3.63) is 44.6 Å². The van der Waals surface area contributed by atoms with E-state index >= 15 is 0 Å². The van der Waals surface area contributed by atoms with E-state index in [1.54, 1.807) is 10.4 Å². The average molecular weight is 486 g/mol. The molecule has 1 saturated heterocycles. The third-order valence-electron chi connectivity index (χ3n) is 4.75. The number of piperazine rings is 1. The number of amides is 1. The van der Waals surface area contributed by atoms with Gasteiger partial charge >= 0.3 is 0 Å². The van der Waals surface area contributed by atoms with E-state index in [1.165, 1.54) is 11.3 Å². The predicted octanol–water partition coefficient (Wildman–Crippen LogP) is 3.46. The number of benzene rings is 1. The zero-order chi connectivity index (χ0) is 20.3. The molecule has 0 unspecified atom stereocenters. The molecule has 28 heavy (non-hydrogen) atoms. The normalized spacial score (nSPS) is 16.2. The number of anilines is 1. The van der Waals surface area contributed by atoms with Gasteiger partial charge in [-0.05, 0) is 48.0 Å². The van der Waals surface area contributed by atoms with Crippen LogP contribution in [-0.2, 0) is 14.8 Å². The summed E-state index contributed by atoms with van der Waals surface area (Å²) < 4.78 is 28.2. The number of carbonyl (C=O) groups is 1. The molecule has 2 aromatic rings. The van der Waals surface area contributed by atoms with Crippen LogP contribution in [0.2, 0.25) is 0 Å². The topological polar surface area (TPSA) is 69.7 Å². The minimum Gasteiger partial charge on any atom is -0.325 e. The summed E-state index contributed by atoms with van der Waals surface area (Å²) in [4.78, 5) is 16.6. The largest absolute Gasteiger partial charge is 0.325 e. The first kappa shape index (κ1) is 21.4. The highest BCUT2D eigenvalue weighted by Gasteiger charge is 2.30. The van der Waals surface area contributed by atoms with Gasteiger partial charge in [0.2, 0.25) is 15.9 Å². The molecule has 0 atom stereocenters. The van der Waals surface area contributed by atoms with Crippen LogP contribution < -0.4 is 5.32 Å². The zero-order valence-corrected chi connectivity index (χ0v) is 19.2. The Morgan fingerprint density at radius 2 is 1.86 bits per heavy atom. The maximum Gasteiger partial charge on any atom is 0.244 e. The Balaban J connectivity index is 1.50. The van der Waals surface area contributed by atoms with E-state index in [1.807, 2.05) is 38.1 Å². The SMILES string of the molecule is Cc1cc(S(=O)(=O)N2CCN(CCC(=O)Nc3ccccc3Br)CC2)c(C)s1. The molecule has 1 fully saturated rings. The summed E-state index contributed by atoms with van der Waals surface area (Å²) in [6.07, 6.45) is 0.372. The number of aryl methyl sites for hydroxylation is 2. The molecule has 1 aromatic carbocycles. The van der Waals surface area contributed by atoms with Gasteiger partial charge < -0.3 is 10.2 Å². The van der Waals surface area contributed by atoms with Gasteiger partial charge in [0.1, 0.15) is 0 Å². The van der Waals surface area contributed by atoms with E-state index in [9.17, 15) is 13.2 Å². The molecule has 1 aliphatic heterocycles. The number of hydrogen-bond acceptors (Lipinski definition) is 5. The molecular formula is C19H24BrN3O3S2. The summed E-state index contributed by atoms with van der Waals surface area (Å²) in [5.74, 6) is -0.0497. The minimum absolute atomic E-state index is 0.0497. The third-order valence-corrected chi connectivity index (χ3v) is 8.56. The first-order chi connectivity index (χ1) is 13.3. The third kappa shape index (κ3) is 5.01. The Kier molecular flexibility index (Phi) is 6.93. The fourth-order valence-corrected chi connectivity index (χ4v) is 6.56. The fraction of sp³-hybridized carbons (Fsp3) is 0.421. The molecule has 1 amide bonds. The van der Waals surface area contributed by atoms with Crippen LogP contribution in [-0.4, -0.2) is 56.3 Å². The predicted molar refractivity (Wildman–Crippen MR) is 116 cm³/mol. The molecule has 0 aliphatic carbocycles. The summed E-state index contributed by atoms with van der Waals surface area (Å²) in [5, 5.41) is 2.90. The Morgan fingerprint density at radius 1 is 1.18 bits per heavy atom. The molecule has 0 spiro atoms. The monoisotopic (exact) mass is 485 g/mol. The Morgan fingerprint density at radius 3 is 2.46 bits per heavy atom. The Bertz CT molecular complexity index is 951. The summed E-state index contributed by atoms with van der Waals surface area (Å²) in [6.45, 7) is 6.54. The maximum atomic E-state index is 12.9. The lowest BCUT2D eigenvalue weighted by Gasteiger charge is -2.33. The lowest BCUT2D eigenvalue weighted by atomic mass is 10.3. The smallest absolute Gasteiger partial charge is 0.244 e. The lowest BCUT2D eigenvalue weighted by Crippen LogP contribution is -2.49. The van der Waals surface area contributed by atoms with Crippen molar-refractivity contribution in [2.75, 3.05) is 38.0 Å². The van der Waals surface area contributed by atoms with Crippen LogP contribution in [0.3, 0.4) is 0 Å². The molecule has 3 rings (SSSR count). The second kappa shape index (κ2) is 9.04. The number of halogens is 1. The van der Waals surface area contributed by atoms with E-state index < -0.39 is 10.0 Å². The van der Waals surface area contributed by atoms with Crippen molar-refractivity contribution in [3.8, 4) is 0 Å². The van der Waals surface area contributed by atoms with Gasteiger partial charge in [0, 0.05) is 53.4 Å². The molecule has 1 aromatic heterocycles. The van der Waals surface area contributed by atoms with Crippen LogP contribution in [0.1, 0.15) is 16.2 Å². The highest BCUT2D eigenvalue weighted by Crippen LogP contribution is 2.28. The van der Waals surface area contributed by atoms with Gasteiger partial charge in [-0.15, -0.1) is 11.3 Å². The highest BCUT2D eigenvalue weighted by atomic mass is 79.9. The molecule has 0 bridgehead atoms. The van der Waals surface area contributed by atoms with Gasteiger partial charge in [-0.2, -0.15) is 4.31 Å². The quantitative estimate of drug-likeness (QED) is 0.679. The molecule has 1 aliphatic rings. The van der Waals surface area contributed by atoms with Crippen molar-refractivity contribution >= 4 is 48.9 Å². The Hall–Kier alpha value is -1.26. The molecule has 152 valence electrons. The van der Waals surface area contributed by atoms with Crippen molar-refractivity contribution < 1.29 is 13.2 Å². The van der Waals surface area contributed by atoms with Gasteiger partial charge in [0.25, 0.3) is 0 Å². The molecular weight excluding hydrogens is 462 g/mol. The van der Waals surface area contributed by atoms with Crippen molar-refractivity contribution in [1.82, 2.24) is 9.21 Å². The molecule has 1 N–H and O–H groups in total. The summed E-state index contributed by atoms with van der Waals surface area (Å²) in [7, 11) is -3.44. The van der Waals surface area contributed by atoms with Crippen LogP contribution >= 0.6 is 27.3 Å². The van der Waals surface area contributed by atoms with E-state index in [2.05, 4.69) is 26.1 Å². The average Bonchev–Trinajstić information content (AvgIpc) is 3.01. The van der Waals surface area contributed by atoms with Crippen LogP contribution in [0.15, 0.2) is 39.7 Å². The second-order valence-electron chi connectivity index (χ2n) is 6.80. The van der Waals surface area contributed by atoms with Crippen molar-refractivity contribution in [1.29, 1.82) is 0 Å². The van der Waals surface area contributed by atoms with Crippen LogP contribution in [0.5, 0.6) is 0 Å². The van der Waals surface area contributed by atoms with Gasteiger partial charge in [0.05, 0.1) is 10.6 Å². The molecule has 0 saturated carbocycles. The van der Waals surface area contributed by atoms with E-state index in [0.29, 0.717) is 44.0 Å². The number of nitrogens with zero attached hydrogens (tertiary/aromatic N) is 2. The molecule has 6 nitrogen and oxygen atoms in total.